The zero-order valence-electron chi connectivity index (χ0n) is 22.1. The van der Waals surface area contributed by atoms with Gasteiger partial charge in [0, 0.05) is 11.3 Å². The summed E-state index contributed by atoms with van der Waals surface area (Å²) in [5.41, 5.74) is 6.11. The third-order valence-corrected chi connectivity index (χ3v) is 5.45. The zero-order valence-corrected chi connectivity index (χ0v) is 22.1. The third kappa shape index (κ3) is 7.96. The molecule has 4 amide bonds. The molecule has 0 heterocycles. The number of ether oxygens (including phenoxy) is 1. The van der Waals surface area contributed by atoms with E-state index in [1.165, 1.54) is 6.07 Å². The second-order valence-electron chi connectivity index (χ2n) is 9.71. The molecule has 0 fully saturated rings. The predicted molar refractivity (Wildman–Crippen MR) is 140 cm³/mol. The van der Waals surface area contributed by atoms with Crippen LogP contribution in [0.15, 0.2) is 42.5 Å². The van der Waals surface area contributed by atoms with Gasteiger partial charge in [0.25, 0.3) is 5.91 Å². The summed E-state index contributed by atoms with van der Waals surface area (Å²) >= 11 is 0. The minimum absolute atomic E-state index is 0.0507. The number of benzene rings is 2. The Morgan fingerprint density at radius 3 is 2.29 bits per heavy atom. The Morgan fingerprint density at radius 1 is 1.08 bits per heavy atom. The Hall–Kier alpha value is -4.59. The summed E-state index contributed by atoms with van der Waals surface area (Å²) in [4.78, 5) is 52.5. The van der Waals surface area contributed by atoms with E-state index in [1.54, 1.807) is 71.0 Å². The van der Waals surface area contributed by atoms with Crippen molar-refractivity contribution < 1.29 is 29.0 Å². The van der Waals surface area contributed by atoms with Crippen molar-refractivity contribution in [1.29, 1.82) is 5.26 Å². The molecule has 202 valence electrons. The molecule has 0 aliphatic carbocycles. The quantitative estimate of drug-likeness (QED) is 0.365. The van der Waals surface area contributed by atoms with Crippen molar-refractivity contribution in [2.24, 2.45) is 5.73 Å². The SMILES string of the molecule is Cc1ccccc1NC(=O)C(c1cccc(C)c1O)N(CC#N)C(=O)C(CC(N)=O)NC(=O)OC(C)(C)C. The second-order valence-corrected chi connectivity index (χ2v) is 9.71. The number of rotatable bonds is 9. The molecule has 2 rings (SSSR count). The number of hydrogen-bond donors (Lipinski definition) is 4. The summed E-state index contributed by atoms with van der Waals surface area (Å²) in [7, 11) is 0. The molecule has 2 aromatic rings. The first-order valence-corrected chi connectivity index (χ1v) is 11.9. The number of primary amides is 1. The summed E-state index contributed by atoms with van der Waals surface area (Å²) in [6, 6.07) is 10.4. The third-order valence-electron chi connectivity index (χ3n) is 5.45. The number of anilines is 1. The molecule has 0 aliphatic rings. The maximum atomic E-state index is 13.7. The number of phenols is 1. The molecule has 0 aliphatic heterocycles. The fourth-order valence-electron chi connectivity index (χ4n) is 3.69. The van der Waals surface area contributed by atoms with Gasteiger partial charge in [-0.25, -0.2) is 4.79 Å². The van der Waals surface area contributed by atoms with Crippen LogP contribution in [0.1, 0.15) is 49.9 Å². The van der Waals surface area contributed by atoms with Gasteiger partial charge in [-0.1, -0.05) is 36.4 Å². The number of nitrogens with two attached hydrogens (primary N) is 1. The average Bonchev–Trinajstić information content (AvgIpc) is 2.80. The molecule has 11 heteroatoms. The van der Waals surface area contributed by atoms with Crippen LogP contribution in [0.2, 0.25) is 0 Å². The zero-order chi connectivity index (χ0) is 28.6. The first-order valence-electron chi connectivity index (χ1n) is 11.9. The van der Waals surface area contributed by atoms with E-state index >= 15 is 0 Å². The van der Waals surface area contributed by atoms with Crippen molar-refractivity contribution >= 4 is 29.5 Å². The summed E-state index contributed by atoms with van der Waals surface area (Å²) < 4.78 is 5.20. The highest BCUT2D eigenvalue weighted by Gasteiger charge is 2.38. The van der Waals surface area contributed by atoms with Crippen molar-refractivity contribution in [2.45, 2.75) is 58.7 Å². The van der Waals surface area contributed by atoms with Gasteiger partial charge in [-0.15, -0.1) is 0 Å². The number of aryl methyl sites for hydroxylation is 2. The van der Waals surface area contributed by atoms with Gasteiger partial charge in [-0.3, -0.25) is 14.4 Å². The summed E-state index contributed by atoms with van der Waals surface area (Å²) in [5.74, 6) is -2.82. The molecule has 0 bridgehead atoms. The maximum absolute atomic E-state index is 13.7. The minimum Gasteiger partial charge on any atom is -0.507 e. The van der Waals surface area contributed by atoms with Gasteiger partial charge >= 0.3 is 6.09 Å². The lowest BCUT2D eigenvalue weighted by Crippen LogP contribution is -2.53. The van der Waals surface area contributed by atoms with Gasteiger partial charge in [0.15, 0.2) is 0 Å². The first kappa shape index (κ1) is 29.6. The number of aromatic hydroxyl groups is 1. The van der Waals surface area contributed by atoms with E-state index in [4.69, 9.17) is 10.5 Å². The van der Waals surface area contributed by atoms with Gasteiger partial charge in [-0.05, 0) is 51.8 Å². The van der Waals surface area contributed by atoms with Crippen molar-refractivity contribution in [2.75, 3.05) is 11.9 Å². The molecule has 2 atom stereocenters. The average molecular weight is 524 g/mol. The van der Waals surface area contributed by atoms with Crippen LogP contribution in [-0.4, -0.2) is 52.0 Å². The van der Waals surface area contributed by atoms with Crippen molar-refractivity contribution in [3.63, 3.8) is 0 Å². The van der Waals surface area contributed by atoms with Crippen LogP contribution in [0.3, 0.4) is 0 Å². The van der Waals surface area contributed by atoms with Gasteiger partial charge in [-0.2, -0.15) is 5.26 Å². The molecular weight excluding hydrogens is 490 g/mol. The standard InChI is InChI=1S/C27H33N5O6/c1-16-9-6-7-12-19(16)30-24(35)22(18-11-8-10-17(2)23(18)34)32(14-13-28)25(36)20(15-21(29)33)31-26(37)38-27(3,4)5/h6-12,20,22,34H,14-15H2,1-5H3,(H2,29,33)(H,30,35)(H,31,37). The van der Waals surface area contributed by atoms with E-state index in [-0.39, 0.29) is 11.3 Å². The topological polar surface area (TPSA) is 175 Å². The largest absolute Gasteiger partial charge is 0.507 e. The smallest absolute Gasteiger partial charge is 0.408 e. The summed E-state index contributed by atoms with van der Waals surface area (Å²) in [6.07, 6.45) is -1.61. The van der Waals surface area contributed by atoms with E-state index in [2.05, 4.69) is 10.6 Å². The maximum Gasteiger partial charge on any atom is 0.408 e. The molecular formula is C27H33N5O6. The highest BCUT2D eigenvalue weighted by molar-refractivity contribution is 6.00. The van der Waals surface area contributed by atoms with Crippen LogP contribution < -0.4 is 16.4 Å². The highest BCUT2D eigenvalue weighted by Crippen LogP contribution is 2.33. The number of nitriles is 1. The van der Waals surface area contributed by atoms with E-state index in [0.29, 0.717) is 11.3 Å². The Balaban J connectivity index is 2.59. The summed E-state index contributed by atoms with van der Waals surface area (Å²) in [5, 5.41) is 25.5. The van der Waals surface area contributed by atoms with E-state index < -0.39 is 54.5 Å². The molecule has 11 nitrogen and oxygen atoms in total. The number of alkyl carbamates (subject to hydrolysis) is 1. The van der Waals surface area contributed by atoms with Crippen LogP contribution in [0.4, 0.5) is 10.5 Å². The number of nitrogens with one attached hydrogen (secondary N) is 2. The highest BCUT2D eigenvalue weighted by atomic mass is 16.6. The van der Waals surface area contributed by atoms with Crippen molar-refractivity contribution in [3.8, 4) is 11.8 Å². The number of phenolic OH excluding ortho intramolecular Hbond substituents is 1. The Morgan fingerprint density at radius 2 is 1.71 bits per heavy atom. The van der Waals surface area contributed by atoms with E-state index in [0.717, 1.165) is 10.5 Å². The Kier molecular flexibility index (Phi) is 9.81. The van der Waals surface area contributed by atoms with Gasteiger partial charge in [0.1, 0.15) is 30.0 Å². The Labute approximate surface area is 221 Å². The molecule has 0 saturated heterocycles. The number of carbonyl (C=O) groups is 4. The van der Waals surface area contributed by atoms with E-state index in [1.807, 2.05) is 6.07 Å². The molecule has 0 aromatic heterocycles. The monoisotopic (exact) mass is 523 g/mol. The lowest BCUT2D eigenvalue weighted by Gasteiger charge is -2.33. The number of amides is 4. The van der Waals surface area contributed by atoms with Crippen molar-refractivity contribution in [1.82, 2.24) is 10.2 Å². The van der Waals surface area contributed by atoms with Crippen LogP contribution in [0, 0.1) is 25.2 Å². The first-order chi connectivity index (χ1) is 17.7. The predicted octanol–water partition coefficient (Wildman–Crippen LogP) is 2.81. The fourth-order valence-corrected chi connectivity index (χ4v) is 3.69. The number of hydrogen-bond acceptors (Lipinski definition) is 7. The second kappa shape index (κ2) is 12.6. The molecule has 0 saturated carbocycles. The number of para-hydroxylation sites is 2. The lowest BCUT2D eigenvalue weighted by molar-refractivity contribution is -0.141. The van der Waals surface area contributed by atoms with Gasteiger partial charge in [0.2, 0.25) is 11.8 Å². The number of nitrogens with zero attached hydrogens (tertiary/aromatic N) is 2. The Bertz CT molecular complexity index is 1250. The normalized spacial score (nSPS) is 12.4. The molecule has 5 N–H and O–H groups in total. The van der Waals surface area contributed by atoms with Crippen LogP contribution >= 0.6 is 0 Å². The van der Waals surface area contributed by atoms with Crippen molar-refractivity contribution in [3.05, 3.63) is 59.2 Å². The van der Waals surface area contributed by atoms with Gasteiger partial charge in [0.05, 0.1) is 12.5 Å². The summed E-state index contributed by atoms with van der Waals surface area (Å²) in [6.45, 7) is 7.64. The lowest BCUT2D eigenvalue weighted by atomic mass is 9.98. The molecule has 38 heavy (non-hydrogen) atoms. The van der Waals surface area contributed by atoms with Crippen LogP contribution in [0.5, 0.6) is 5.75 Å². The fraction of sp³-hybridized carbons (Fsp3) is 0.370. The number of carbonyl (C=O) groups excluding carboxylic acids is 4. The van der Waals surface area contributed by atoms with Crippen LogP contribution in [0.25, 0.3) is 0 Å². The van der Waals surface area contributed by atoms with E-state index in [9.17, 15) is 29.5 Å². The van der Waals surface area contributed by atoms with Crippen LogP contribution in [-0.2, 0) is 19.1 Å². The molecule has 2 aromatic carbocycles. The molecule has 0 spiro atoms. The van der Waals surface area contributed by atoms with Gasteiger partial charge < -0.3 is 31.1 Å². The molecule has 2 unspecified atom stereocenters. The minimum atomic E-state index is -1.54. The molecule has 0 radical (unpaired) electrons.